The van der Waals surface area contributed by atoms with Gasteiger partial charge in [-0.1, -0.05) is 0 Å². The van der Waals surface area contributed by atoms with Gasteiger partial charge in [0.2, 0.25) is 0 Å². The molecular weight excluding hydrogens is 200 g/mol. The third-order valence-corrected chi connectivity index (χ3v) is 4.18. The second kappa shape index (κ2) is 2.52. The first-order chi connectivity index (χ1) is 7.02. The van der Waals surface area contributed by atoms with E-state index in [0.717, 1.165) is 6.42 Å². The minimum absolute atomic E-state index is 0.0480. The molecule has 82 valence electrons. The summed E-state index contributed by atoms with van der Waals surface area (Å²) in [6.07, 6.45) is 0.415. The standard InChI is InChI=1S/C10H12O5/c11-7(12)3-10(14)4-1-5-6(2-4)9(13)15-8(5)10/h4-6,8,14H,1-3H2,(H,11,12). The third-order valence-electron chi connectivity index (χ3n) is 4.18. The molecule has 0 amide bonds. The van der Waals surface area contributed by atoms with Crippen molar-refractivity contribution in [3.8, 4) is 0 Å². The molecule has 2 bridgehead atoms. The fraction of sp³-hybridized carbons (Fsp3) is 0.800. The first-order valence-corrected chi connectivity index (χ1v) is 5.17. The Labute approximate surface area is 86.0 Å². The maximum absolute atomic E-state index is 11.4. The van der Waals surface area contributed by atoms with Crippen molar-refractivity contribution < 1.29 is 24.5 Å². The molecule has 0 aromatic rings. The van der Waals surface area contributed by atoms with Crippen LogP contribution >= 0.6 is 0 Å². The Balaban J connectivity index is 1.94. The van der Waals surface area contributed by atoms with E-state index in [4.69, 9.17) is 9.84 Å². The average molecular weight is 212 g/mol. The van der Waals surface area contributed by atoms with Gasteiger partial charge in [-0.15, -0.1) is 0 Å². The number of carbonyl (C=O) groups excluding carboxylic acids is 1. The minimum Gasteiger partial charge on any atom is -0.481 e. The zero-order valence-electron chi connectivity index (χ0n) is 8.05. The summed E-state index contributed by atoms with van der Waals surface area (Å²) in [6.45, 7) is 0. The van der Waals surface area contributed by atoms with Crippen molar-refractivity contribution in [3.63, 3.8) is 0 Å². The highest BCUT2D eigenvalue weighted by Gasteiger charge is 2.69. The van der Waals surface area contributed by atoms with E-state index in [9.17, 15) is 14.7 Å². The summed E-state index contributed by atoms with van der Waals surface area (Å²) < 4.78 is 5.10. The van der Waals surface area contributed by atoms with Crippen molar-refractivity contribution in [1.29, 1.82) is 0 Å². The van der Waals surface area contributed by atoms with Crippen LogP contribution in [0.2, 0.25) is 0 Å². The van der Waals surface area contributed by atoms with Crippen LogP contribution in [0.4, 0.5) is 0 Å². The van der Waals surface area contributed by atoms with Crippen LogP contribution in [0.5, 0.6) is 0 Å². The smallest absolute Gasteiger partial charge is 0.309 e. The Morgan fingerprint density at radius 1 is 1.53 bits per heavy atom. The van der Waals surface area contributed by atoms with E-state index < -0.39 is 17.7 Å². The van der Waals surface area contributed by atoms with Gasteiger partial charge < -0.3 is 14.9 Å². The number of aliphatic carboxylic acids is 1. The number of carbonyl (C=O) groups is 2. The average Bonchev–Trinajstić information content (AvgIpc) is 2.68. The highest BCUT2D eigenvalue weighted by Crippen LogP contribution is 2.60. The van der Waals surface area contributed by atoms with Crippen LogP contribution in [0.25, 0.3) is 0 Å². The van der Waals surface area contributed by atoms with Crippen LogP contribution in [0, 0.1) is 17.8 Å². The zero-order valence-corrected chi connectivity index (χ0v) is 8.05. The van der Waals surface area contributed by atoms with E-state index in [1.807, 2.05) is 0 Å². The van der Waals surface area contributed by atoms with Gasteiger partial charge in [-0.2, -0.15) is 0 Å². The fourth-order valence-electron chi connectivity index (χ4n) is 3.58. The number of fused-ring (bicyclic) bond motifs is 1. The molecule has 1 heterocycles. The molecule has 2 saturated carbocycles. The van der Waals surface area contributed by atoms with E-state index in [0.29, 0.717) is 6.42 Å². The predicted octanol–water partition coefficient (Wildman–Crippen LogP) is -0.226. The maximum Gasteiger partial charge on any atom is 0.309 e. The monoisotopic (exact) mass is 212 g/mol. The van der Waals surface area contributed by atoms with E-state index in [1.165, 1.54) is 0 Å². The highest BCUT2D eigenvalue weighted by molar-refractivity contribution is 5.78. The van der Waals surface area contributed by atoms with E-state index >= 15 is 0 Å². The molecule has 3 fully saturated rings. The van der Waals surface area contributed by atoms with Crippen molar-refractivity contribution in [3.05, 3.63) is 0 Å². The number of carboxylic acid groups (broad SMARTS) is 1. The molecule has 2 aliphatic carbocycles. The molecule has 5 atom stereocenters. The molecule has 3 rings (SSSR count). The zero-order chi connectivity index (χ0) is 10.8. The van der Waals surface area contributed by atoms with Gasteiger partial charge in [0.05, 0.1) is 12.3 Å². The van der Waals surface area contributed by atoms with Gasteiger partial charge in [-0.25, -0.2) is 0 Å². The number of esters is 1. The summed E-state index contributed by atoms with van der Waals surface area (Å²) >= 11 is 0. The number of hydrogen-bond acceptors (Lipinski definition) is 4. The van der Waals surface area contributed by atoms with Gasteiger partial charge in [0, 0.05) is 5.92 Å². The summed E-state index contributed by atoms with van der Waals surface area (Å²) in [5.74, 6) is -1.42. The maximum atomic E-state index is 11.4. The summed E-state index contributed by atoms with van der Waals surface area (Å²) in [5.41, 5.74) is -1.32. The fourth-order valence-corrected chi connectivity index (χ4v) is 3.58. The number of aliphatic hydroxyl groups is 1. The van der Waals surface area contributed by atoms with Gasteiger partial charge in [0.15, 0.2) is 0 Å². The molecule has 5 unspecified atom stereocenters. The number of carboxylic acids is 1. The largest absolute Gasteiger partial charge is 0.481 e. The Morgan fingerprint density at radius 3 is 2.93 bits per heavy atom. The molecule has 0 radical (unpaired) electrons. The lowest BCUT2D eigenvalue weighted by atomic mass is 9.77. The lowest BCUT2D eigenvalue weighted by Gasteiger charge is -2.33. The second-order valence-corrected chi connectivity index (χ2v) is 4.86. The van der Waals surface area contributed by atoms with Gasteiger partial charge in [0.1, 0.15) is 11.7 Å². The lowest BCUT2D eigenvalue weighted by Crippen LogP contribution is -2.48. The summed E-state index contributed by atoms with van der Waals surface area (Å²) in [4.78, 5) is 22.1. The normalized spacial score (nSPS) is 50.9. The van der Waals surface area contributed by atoms with Crippen molar-refractivity contribution in [2.24, 2.45) is 17.8 Å². The van der Waals surface area contributed by atoms with E-state index in [1.54, 1.807) is 0 Å². The van der Waals surface area contributed by atoms with Crippen LogP contribution in [0.15, 0.2) is 0 Å². The van der Waals surface area contributed by atoms with E-state index in [2.05, 4.69) is 0 Å². The van der Waals surface area contributed by atoms with Crippen LogP contribution in [0.3, 0.4) is 0 Å². The topological polar surface area (TPSA) is 83.8 Å². The first-order valence-electron chi connectivity index (χ1n) is 5.17. The summed E-state index contributed by atoms with van der Waals surface area (Å²) in [7, 11) is 0. The Kier molecular flexibility index (Phi) is 1.54. The minimum atomic E-state index is -1.32. The molecule has 0 aromatic heterocycles. The SMILES string of the molecule is O=C(O)CC1(O)C2CC3C(=O)OC1C3C2. The molecular formula is C10H12O5. The molecule has 2 N–H and O–H groups in total. The third kappa shape index (κ3) is 0.963. The van der Waals surface area contributed by atoms with Crippen molar-refractivity contribution in [2.75, 3.05) is 0 Å². The van der Waals surface area contributed by atoms with Crippen molar-refractivity contribution in [2.45, 2.75) is 31.0 Å². The van der Waals surface area contributed by atoms with Gasteiger partial charge in [-0.05, 0) is 18.8 Å². The van der Waals surface area contributed by atoms with Gasteiger partial charge >= 0.3 is 11.9 Å². The predicted molar refractivity (Wildman–Crippen MR) is 46.8 cm³/mol. The first kappa shape index (κ1) is 9.15. The number of hydrogen-bond donors (Lipinski definition) is 2. The van der Waals surface area contributed by atoms with Crippen LogP contribution < -0.4 is 0 Å². The van der Waals surface area contributed by atoms with Gasteiger partial charge in [-0.3, -0.25) is 9.59 Å². The molecule has 3 aliphatic rings. The van der Waals surface area contributed by atoms with Crippen molar-refractivity contribution >= 4 is 11.9 Å². The highest BCUT2D eigenvalue weighted by atomic mass is 16.6. The van der Waals surface area contributed by atoms with E-state index in [-0.39, 0.29) is 30.1 Å². The molecule has 0 aromatic carbocycles. The Bertz CT molecular complexity index is 352. The molecule has 1 saturated heterocycles. The quantitative estimate of drug-likeness (QED) is 0.618. The van der Waals surface area contributed by atoms with Gasteiger partial charge in [0.25, 0.3) is 0 Å². The van der Waals surface area contributed by atoms with Crippen molar-refractivity contribution in [1.82, 2.24) is 0 Å². The number of rotatable bonds is 2. The molecule has 1 aliphatic heterocycles. The molecule has 5 nitrogen and oxygen atoms in total. The Morgan fingerprint density at radius 2 is 2.27 bits per heavy atom. The van der Waals surface area contributed by atoms with Crippen LogP contribution in [-0.2, 0) is 14.3 Å². The van der Waals surface area contributed by atoms with Crippen LogP contribution in [0.1, 0.15) is 19.3 Å². The number of ether oxygens (including phenoxy) is 1. The molecule has 15 heavy (non-hydrogen) atoms. The second-order valence-electron chi connectivity index (χ2n) is 4.86. The van der Waals surface area contributed by atoms with Crippen LogP contribution in [-0.4, -0.2) is 33.9 Å². The lowest BCUT2D eigenvalue weighted by molar-refractivity contribution is -0.162. The Hall–Kier alpha value is -1.10. The summed E-state index contributed by atoms with van der Waals surface area (Å²) in [6, 6.07) is 0. The summed E-state index contributed by atoms with van der Waals surface area (Å²) in [5, 5.41) is 19.1. The molecule has 0 spiro atoms. The molecule has 5 heteroatoms.